The van der Waals surface area contributed by atoms with E-state index in [0.29, 0.717) is 16.7 Å². The second kappa shape index (κ2) is 12.2. The molecule has 1 heterocycles. The van der Waals surface area contributed by atoms with Crippen molar-refractivity contribution < 1.29 is 32.2 Å². The lowest BCUT2D eigenvalue weighted by Crippen LogP contribution is -2.41. The summed E-state index contributed by atoms with van der Waals surface area (Å²) in [5, 5.41) is 3.78. The normalized spacial score (nSPS) is 12.3. The first-order valence-electron chi connectivity index (χ1n) is 10.8. The van der Waals surface area contributed by atoms with Crippen LogP contribution in [0.25, 0.3) is 0 Å². The first kappa shape index (κ1) is 26.9. The zero-order valence-corrected chi connectivity index (χ0v) is 19.3. The first-order valence-corrected chi connectivity index (χ1v) is 10.8. The molecular weight excluding hydrogens is 459 g/mol. The van der Waals surface area contributed by atoms with E-state index in [9.17, 15) is 27.6 Å². The molecule has 0 spiro atoms. The predicted octanol–water partition coefficient (Wildman–Crippen LogP) is 2.63. The zero-order chi connectivity index (χ0) is 25.3. The molecule has 2 rings (SSSR count). The third-order valence-electron chi connectivity index (χ3n) is 4.65. The van der Waals surface area contributed by atoms with Gasteiger partial charge in [-0.1, -0.05) is 19.1 Å². The summed E-state index contributed by atoms with van der Waals surface area (Å²) >= 11 is 0. The minimum absolute atomic E-state index is 0.0378. The average Bonchev–Trinajstić information content (AvgIpc) is 2.77. The van der Waals surface area contributed by atoms with E-state index in [2.05, 4.69) is 5.10 Å². The van der Waals surface area contributed by atoms with Crippen LogP contribution in [0.1, 0.15) is 38.7 Å². The Hall–Kier alpha value is -3.31. The highest BCUT2D eigenvalue weighted by atomic mass is 19.4. The van der Waals surface area contributed by atoms with E-state index in [-0.39, 0.29) is 37.6 Å². The lowest BCUT2D eigenvalue weighted by atomic mass is 10.1. The fourth-order valence-corrected chi connectivity index (χ4v) is 2.94. The number of carbonyl (C=O) groups is 1. The number of aryl methyl sites for hydroxylation is 1. The minimum Gasteiger partial charge on any atom is -0.487 e. The van der Waals surface area contributed by atoms with Crippen LogP contribution in [-0.2, 0) is 29.5 Å². The van der Waals surface area contributed by atoms with Crippen LogP contribution >= 0.6 is 0 Å². The van der Waals surface area contributed by atoms with Crippen LogP contribution in [0.2, 0.25) is 0 Å². The van der Waals surface area contributed by atoms with Crippen molar-refractivity contribution in [3.8, 4) is 11.6 Å². The molecule has 0 aliphatic heterocycles. The molecule has 1 unspecified atom stereocenters. The predicted molar refractivity (Wildman–Crippen MR) is 116 cm³/mol. The summed E-state index contributed by atoms with van der Waals surface area (Å²) in [6.45, 7) is 3.23. The Balaban J connectivity index is 1.97. The lowest BCUT2D eigenvalue weighted by Gasteiger charge is -2.15. The second-order valence-corrected chi connectivity index (χ2v) is 7.60. The van der Waals surface area contributed by atoms with E-state index in [4.69, 9.17) is 14.2 Å². The largest absolute Gasteiger partial charge is 0.487 e. The third-order valence-corrected chi connectivity index (χ3v) is 4.65. The van der Waals surface area contributed by atoms with E-state index in [0.717, 1.165) is 10.2 Å². The van der Waals surface area contributed by atoms with Crippen LogP contribution in [0, 0.1) is 0 Å². The van der Waals surface area contributed by atoms with Gasteiger partial charge in [-0.25, -0.2) is 9.48 Å². The van der Waals surface area contributed by atoms with Crippen LogP contribution in [0.15, 0.2) is 33.9 Å². The molecule has 1 aromatic heterocycles. The van der Waals surface area contributed by atoms with Gasteiger partial charge in [0.05, 0.1) is 6.61 Å². The SMILES string of the molecule is CCC(=O)OCC(C)Oc1cccc(CCOc2nn(C)c(=O)n(CCCC(F)(F)F)c2=O)c1. The number of hydrogen-bond acceptors (Lipinski definition) is 7. The van der Waals surface area contributed by atoms with E-state index in [1.165, 1.54) is 7.05 Å². The summed E-state index contributed by atoms with van der Waals surface area (Å²) in [6.07, 6.45) is -5.60. The van der Waals surface area contributed by atoms with Gasteiger partial charge in [0.2, 0.25) is 0 Å². The van der Waals surface area contributed by atoms with E-state index in [1.54, 1.807) is 32.0 Å². The molecular formula is C22H28F3N3O6. The molecule has 0 radical (unpaired) electrons. The monoisotopic (exact) mass is 487 g/mol. The summed E-state index contributed by atoms with van der Waals surface area (Å²) in [5.41, 5.74) is -0.869. The molecule has 0 saturated carbocycles. The molecule has 34 heavy (non-hydrogen) atoms. The summed E-state index contributed by atoms with van der Waals surface area (Å²) in [6, 6.07) is 7.11. The van der Waals surface area contributed by atoms with Crippen molar-refractivity contribution >= 4 is 5.97 Å². The molecule has 9 nitrogen and oxygen atoms in total. The van der Waals surface area contributed by atoms with Crippen molar-refractivity contribution in [2.75, 3.05) is 13.2 Å². The van der Waals surface area contributed by atoms with E-state index < -0.39 is 36.8 Å². The van der Waals surface area contributed by atoms with Gasteiger partial charge in [-0.05, 0) is 31.0 Å². The summed E-state index contributed by atoms with van der Waals surface area (Å²) in [7, 11) is 1.29. The van der Waals surface area contributed by atoms with Gasteiger partial charge in [-0.15, -0.1) is 5.10 Å². The molecule has 2 aromatic rings. The molecule has 188 valence electrons. The maximum atomic E-state index is 12.5. The fourth-order valence-electron chi connectivity index (χ4n) is 2.94. The number of aromatic nitrogens is 3. The Morgan fingerprint density at radius 2 is 1.97 bits per heavy atom. The van der Waals surface area contributed by atoms with Crippen molar-refractivity contribution in [3.63, 3.8) is 0 Å². The Morgan fingerprint density at radius 1 is 1.24 bits per heavy atom. The van der Waals surface area contributed by atoms with Crippen molar-refractivity contribution in [1.29, 1.82) is 0 Å². The van der Waals surface area contributed by atoms with Crippen molar-refractivity contribution in [1.82, 2.24) is 14.3 Å². The number of carbonyl (C=O) groups excluding carboxylic acids is 1. The van der Waals surface area contributed by atoms with Gasteiger partial charge in [-0.2, -0.15) is 13.2 Å². The summed E-state index contributed by atoms with van der Waals surface area (Å²) in [4.78, 5) is 35.8. The fraction of sp³-hybridized carbons (Fsp3) is 0.545. The van der Waals surface area contributed by atoms with Crippen LogP contribution in [0.4, 0.5) is 13.2 Å². The van der Waals surface area contributed by atoms with Gasteiger partial charge in [0.25, 0.3) is 5.88 Å². The van der Waals surface area contributed by atoms with Crippen molar-refractivity contribution in [3.05, 3.63) is 50.7 Å². The van der Waals surface area contributed by atoms with Gasteiger partial charge in [0.15, 0.2) is 0 Å². The topological polar surface area (TPSA) is 102 Å². The number of hydrogen-bond donors (Lipinski definition) is 0. The Bertz CT molecular complexity index is 1080. The lowest BCUT2D eigenvalue weighted by molar-refractivity contribution is -0.145. The van der Waals surface area contributed by atoms with Gasteiger partial charge < -0.3 is 14.2 Å². The summed E-state index contributed by atoms with van der Waals surface area (Å²) in [5.74, 6) is -0.120. The standard InChI is InChI=1S/C22H28F3N3O6/c1-4-18(29)33-14-15(2)34-17-8-5-7-16(13-17)9-12-32-19-20(30)28(21(31)27(3)26-19)11-6-10-22(23,24)25/h5,7-8,13,15H,4,6,9-12,14H2,1-3H3. The summed E-state index contributed by atoms with van der Waals surface area (Å²) < 4.78 is 54.9. The van der Waals surface area contributed by atoms with Gasteiger partial charge >= 0.3 is 23.4 Å². The number of ether oxygens (including phenoxy) is 3. The van der Waals surface area contributed by atoms with Gasteiger partial charge in [0.1, 0.15) is 18.5 Å². The minimum atomic E-state index is -4.38. The van der Waals surface area contributed by atoms with E-state index >= 15 is 0 Å². The molecule has 0 amide bonds. The van der Waals surface area contributed by atoms with Crippen LogP contribution in [-0.4, -0.2) is 45.8 Å². The average molecular weight is 487 g/mol. The Morgan fingerprint density at radius 3 is 2.65 bits per heavy atom. The maximum absolute atomic E-state index is 12.5. The number of halogens is 3. The number of nitrogens with zero attached hydrogens (tertiary/aromatic N) is 3. The highest BCUT2D eigenvalue weighted by molar-refractivity contribution is 5.68. The van der Waals surface area contributed by atoms with Crippen molar-refractivity contribution in [2.45, 2.75) is 58.4 Å². The maximum Gasteiger partial charge on any atom is 0.389 e. The number of esters is 1. The molecule has 1 atom stereocenters. The van der Waals surface area contributed by atoms with Crippen LogP contribution in [0.5, 0.6) is 11.6 Å². The molecule has 0 saturated heterocycles. The van der Waals surface area contributed by atoms with Gasteiger partial charge in [0, 0.05) is 32.9 Å². The number of rotatable bonds is 12. The second-order valence-electron chi connectivity index (χ2n) is 7.60. The van der Waals surface area contributed by atoms with Gasteiger partial charge in [-0.3, -0.25) is 14.2 Å². The Labute approximate surface area is 194 Å². The van der Waals surface area contributed by atoms with Crippen LogP contribution < -0.4 is 20.7 Å². The molecule has 0 N–H and O–H groups in total. The van der Waals surface area contributed by atoms with Crippen molar-refractivity contribution in [2.24, 2.45) is 7.05 Å². The molecule has 1 aromatic carbocycles. The molecule has 0 bridgehead atoms. The molecule has 12 heteroatoms. The molecule has 0 aliphatic rings. The highest BCUT2D eigenvalue weighted by Crippen LogP contribution is 2.21. The smallest absolute Gasteiger partial charge is 0.389 e. The number of alkyl halides is 3. The molecule has 0 aliphatic carbocycles. The first-order chi connectivity index (χ1) is 16.0. The Kier molecular flexibility index (Phi) is 9.69. The molecule has 0 fully saturated rings. The van der Waals surface area contributed by atoms with Crippen LogP contribution in [0.3, 0.4) is 0 Å². The number of benzene rings is 1. The third kappa shape index (κ3) is 8.56. The van der Waals surface area contributed by atoms with E-state index in [1.807, 2.05) is 6.07 Å². The zero-order valence-electron chi connectivity index (χ0n) is 19.3. The quantitative estimate of drug-likeness (QED) is 0.424. The highest BCUT2D eigenvalue weighted by Gasteiger charge is 2.26.